The van der Waals surface area contributed by atoms with Gasteiger partial charge in [-0.2, -0.15) is 11.0 Å². The van der Waals surface area contributed by atoms with Crippen LogP contribution in [0.4, 0.5) is 0 Å². The minimum absolute atomic E-state index is 0. The van der Waals surface area contributed by atoms with Gasteiger partial charge in [0.05, 0.1) is 0 Å². The number of allylic oxidation sites excluding steroid dienone is 5. The summed E-state index contributed by atoms with van der Waals surface area (Å²) in [7, 11) is 0. The second kappa shape index (κ2) is 11.2. The molecule has 1 atom stereocenters. The molecule has 0 N–H and O–H groups in total. The molecule has 20 heavy (non-hydrogen) atoms. The van der Waals surface area contributed by atoms with Crippen molar-refractivity contribution >= 4 is 11.8 Å². The molecule has 1 unspecified atom stereocenters. The normalized spacial score (nSPS) is 23.1. The number of hydrogen-bond donors (Lipinski definition) is 0. The molecular formula is C15H19Cl2OSTi. The molecule has 2 rings (SSSR count). The first-order valence-corrected chi connectivity index (χ1v) is 7.03. The molecular weight excluding hydrogens is 347 g/mol. The molecule has 2 aliphatic rings. The molecule has 2 aliphatic carbocycles. The summed E-state index contributed by atoms with van der Waals surface area (Å²) < 4.78 is 6.14. The van der Waals surface area contributed by atoms with E-state index in [-0.39, 0.29) is 51.5 Å². The van der Waals surface area contributed by atoms with Crippen LogP contribution in [-0.4, -0.2) is 11.5 Å². The SMILES string of the molecule is CCCOC1(SC2=[C-]CC=C2)CC=CC=C1C.[Cl-].[Cl-].[Ti+3]. The second-order valence-corrected chi connectivity index (χ2v) is 5.64. The molecule has 0 aromatic carbocycles. The predicted octanol–water partition coefficient (Wildman–Crippen LogP) is -1.60. The van der Waals surface area contributed by atoms with Crippen molar-refractivity contribution in [1.82, 2.24) is 0 Å². The number of ether oxygens (including phenoxy) is 1. The Morgan fingerprint density at radius 3 is 2.65 bits per heavy atom. The average Bonchev–Trinajstić information content (AvgIpc) is 2.83. The van der Waals surface area contributed by atoms with E-state index in [9.17, 15) is 0 Å². The van der Waals surface area contributed by atoms with Crippen LogP contribution >= 0.6 is 11.8 Å². The second-order valence-electron chi connectivity index (χ2n) is 4.33. The van der Waals surface area contributed by atoms with Crippen molar-refractivity contribution < 1.29 is 51.3 Å². The van der Waals surface area contributed by atoms with E-state index in [0.29, 0.717) is 0 Å². The van der Waals surface area contributed by atoms with Crippen LogP contribution in [0.1, 0.15) is 33.1 Å². The summed E-state index contributed by atoms with van der Waals surface area (Å²) in [6.45, 7) is 5.12. The minimum atomic E-state index is -0.207. The maximum atomic E-state index is 6.14. The number of hydrogen-bond acceptors (Lipinski definition) is 2. The zero-order chi connectivity index (χ0) is 12.1. The summed E-state index contributed by atoms with van der Waals surface area (Å²) in [6, 6.07) is 0. The fraction of sp³-hybridized carbons (Fsp3) is 0.467. The van der Waals surface area contributed by atoms with Crippen LogP contribution in [0, 0.1) is 6.08 Å². The molecule has 0 bridgehead atoms. The number of rotatable bonds is 5. The van der Waals surface area contributed by atoms with Gasteiger partial charge in [0.15, 0.2) is 0 Å². The third-order valence-corrected chi connectivity index (χ3v) is 4.38. The van der Waals surface area contributed by atoms with E-state index in [4.69, 9.17) is 4.74 Å². The Labute approximate surface area is 154 Å². The predicted molar refractivity (Wildman–Crippen MR) is 74.6 cm³/mol. The number of halogens is 2. The van der Waals surface area contributed by atoms with Crippen molar-refractivity contribution in [3.8, 4) is 0 Å². The van der Waals surface area contributed by atoms with Crippen molar-refractivity contribution in [2.24, 2.45) is 0 Å². The van der Waals surface area contributed by atoms with Crippen molar-refractivity contribution in [3.63, 3.8) is 0 Å². The van der Waals surface area contributed by atoms with Crippen LogP contribution in [0.5, 0.6) is 0 Å². The molecule has 0 spiro atoms. The standard InChI is InChI=1S/C15H19OS.2ClH.Ti/c1-3-12-16-15(11-7-6-8-13(15)2)17-14-9-4-5-10-14;;;/h4,6-9H,3,5,11-12H2,1-2H3;2*1H;/q-1;;;+3/p-2. The van der Waals surface area contributed by atoms with Crippen LogP contribution in [0.25, 0.3) is 0 Å². The molecule has 1 radical (unpaired) electrons. The van der Waals surface area contributed by atoms with Crippen LogP contribution in [0.2, 0.25) is 0 Å². The third-order valence-electron chi connectivity index (χ3n) is 2.95. The van der Waals surface area contributed by atoms with Gasteiger partial charge in [0.2, 0.25) is 0 Å². The summed E-state index contributed by atoms with van der Waals surface area (Å²) in [6.07, 6.45) is 17.1. The first-order chi connectivity index (χ1) is 8.27. The van der Waals surface area contributed by atoms with E-state index in [1.165, 1.54) is 10.5 Å². The summed E-state index contributed by atoms with van der Waals surface area (Å²) in [5.74, 6) is 0. The Hall–Kier alpha value is 0.564. The Morgan fingerprint density at radius 2 is 2.10 bits per heavy atom. The molecule has 0 saturated carbocycles. The van der Waals surface area contributed by atoms with Gasteiger partial charge in [0, 0.05) is 13.0 Å². The molecule has 5 heteroatoms. The summed E-state index contributed by atoms with van der Waals surface area (Å²) in [4.78, 5) is 1.01. The fourth-order valence-corrected chi connectivity index (χ4v) is 3.17. The first-order valence-electron chi connectivity index (χ1n) is 6.21. The van der Waals surface area contributed by atoms with Gasteiger partial charge in [0.25, 0.3) is 0 Å². The van der Waals surface area contributed by atoms with Crippen LogP contribution in [0.3, 0.4) is 0 Å². The minimum Gasteiger partial charge on any atom is -1.00 e. The van der Waals surface area contributed by atoms with Gasteiger partial charge in [-0.25, -0.2) is 6.08 Å². The van der Waals surface area contributed by atoms with Gasteiger partial charge in [-0.15, -0.1) is 18.2 Å². The average molecular weight is 366 g/mol. The molecule has 0 aliphatic heterocycles. The molecule has 0 fully saturated rings. The Balaban J connectivity index is 0. The van der Waals surface area contributed by atoms with Gasteiger partial charge >= 0.3 is 21.7 Å². The van der Waals surface area contributed by atoms with Crippen molar-refractivity contribution in [3.05, 3.63) is 46.9 Å². The third kappa shape index (κ3) is 5.75. The van der Waals surface area contributed by atoms with Crippen LogP contribution in [0.15, 0.2) is 40.9 Å². The van der Waals surface area contributed by atoms with Gasteiger partial charge in [-0.05, 0) is 18.9 Å². The van der Waals surface area contributed by atoms with E-state index in [2.05, 4.69) is 50.3 Å². The summed E-state index contributed by atoms with van der Waals surface area (Å²) in [5.41, 5.74) is 1.30. The molecule has 0 amide bonds. The summed E-state index contributed by atoms with van der Waals surface area (Å²) in [5, 5.41) is 0. The van der Waals surface area contributed by atoms with Crippen molar-refractivity contribution in [2.75, 3.05) is 6.61 Å². The maximum Gasteiger partial charge on any atom is 3.00 e. The fourth-order valence-electron chi connectivity index (χ4n) is 1.95. The van der Waals surface area contributed by atoms with Crippen molar-refractivity contribution in [2.45, 2.75) is 38.0 Å². The Morgan fingerprint density at radius 1 is 1.35 bits per heavy atom. The maximum absolute atomic E-state index is 6.14. The van der Waals surface area contributed by atoms with Gasteiger partial charge in [0.1, 0.15) is 4.93 Å². The molecule has 109 valence electrons. The van der Waals surface area contributed by atoms with E-state index in [0.717, 1.165) is 25.9 Å². The van der Waals surface area contributed by atoms with E-state index < -0.39 is 0 Å². The van der Waals surface area contributed by atoms with E-state index in [1.807, 2.05) is 0 Å². The van der Waals surface area contributed by atoms with E-state index in [1.54, 1.807) is 11.8 Å². The molecule has 0 saturated heterocycles. The number of thioether (sulfide) groups is 1. The monoisotopic (exact) mass is 365 g/mol. The van der Waals surface area contributed by atoms with Crippen LogP contribution < -0.4 is 24.8 Å². The molecule has 0 aromatic rings. The van der Waals surface area contributed by atoms with Crippen LogP contribution in [-0.2, 0) is 26.5 Å². The molecule has 1 nitrogen and oxygen atoms in total. The quantitative estimate of drug-likeness (QED) is 0.330. The smallest absolute Gasteiger partial charge is 1.00 e. The van der Waals surface area contributed by atoms with Gasteiger partial charge in [-0.3, -0.25) is 6.08 Å². The van der Waals surface area contributed by atoms with Crippen molar-refractivity contribution in [1.29, 1.82) is 0 Å². The largest absolute Gasteiger partial charge is 3.00 e. The van der Waals surface area contributed by atoms with E-state index >= 15 is 0 Å². The summed E-state index contributed by atoms with van der Waals surface area (Å²) >= 11 is 1.80. The van der Waals surface area contributed by atoms with Gasteiger partial charge in [-0.1, -0.05) is 25.2 Å². The first kappa shape index (κ1) is 22.8. The topological polar surface area (TPSA) is 9.23 Å². The molecule has 0 heterocycles. The van der Waals surface area contributed by atoms with Gasteiger partial charge < -0.3 is 29.6 Å². The zero-order valence-corrected chi connectivity index (χ0v) is 15.7. The molecule has 0 aromatic heterocycles. The Kier molecular flexibility index (Phi) is 12.8. The zero-order valence-electron chi connectivity index (χ0n) is 11.8. The Bertz CT molecular complexity index is 405.